The molecule has 39 heavy (non-hydrogen) atoms. The molecule has 0 aromatic rings. The number of carboxylic acids is 1. The molecule has 0 radical (unpaired) electrons. The third kappa shape index (κ3) is 10.4. The number of allylic oxidation sites excluding steroid dienone is 3. The smallest absolute Gasteiger partial charge is 0.364 e. The maximum Gasteiger partial charge on any atom is 0.364 e. The van der Waals surface area contributed by atoms with Gasteiger partial charge in [-0.05, 0) is 90.4 Å². The summed E-state index contributed by atoms with van der Waals surface area (Å²) in [5.74, 6) is -2.52. The van der Waals surface area contributed by atoms with Gasteiger partial charge in [0.25, 0.3) is 5.79 Å². The monoisotopic (exact) mass is 550 g/mol. The summed E-state index contributed by atoms with van der Waals surface area (Å²) >= 11 is 0. The Bertz CT molecular complexity index is 787. The van der Waals surface area contributed by atoms with Crippen LogP contribution in [0.15, 0.2) is 24.3 Å². The molecule has 1 N–H and O–H groups in total. The normalized spacial score (nSPS) is 28.3. The summed E-state index contributed by atoms with van der Waals surface area (Å²) in [6.07, 6.45) is 16.6. The minimum atomic E-state index is -1.84. The van der Waals surface area contributed by atoms with Crippen LogP contribution in [0.3, 0.4) is 0 Å². The highest BCUT2D eigenvalue weighted by Crippen LogP contribution is 2.34. The van der Waals surface area contributed by atoms with E-state index in [-0.39, 0.29) is 23.9 Å². The van der Waals surface area contributed by atoms with E-state index < -0.39 is 24.3 Å². The summed E-state index contributed by atoms with van der Waals surface area (Å²) in [5.41, 5.74) is -0.212. The fourth-order valence-electron chi connectivity index (χ4n) is 5.46. The first-order chi connectivity index (χ1) is 18.7. The summed E-state index contributed by atoms with van der Waals surface area (Å²) in [5, 5.41) is 10.2. The number of carbonyl (C=O) groups excluding carboxylic acids is 1. The van der Waals surface area contributed by atoms with Gasteiger partial charge in [0, 0.05) is 38.6 Å². The van der Waals surface area contributed by atoms with Crippen molar-refractivity contribution in [3.8, 4) is 0 Å². The van der Waals surface area contributed by atoms with Crippen LogP contribution in [-0.2, 0) is 33.3 Å². The number of ketones is 1. The first-order valence-corrected chi connectivity index (χ1v) is 15.1. The predicted octanol–water partition coefficient (Wildman–Crippen LogP) is 6.33. The Labute approximate surface area is 234 Å². The third-order valence-corrected chi connectivity index (χ3v) is 7.79. The largest absolute Gasteiger partial charge is 0.477 e. The summed E-state index contributed by atoms with van der Waals surface area (Å²) < 4.78 is 29.3. The highest BCUT2D eigenvalue weighted by molar-refractivity contribution is 5.83. The first kappa shape index (κ1) is 31.9. The topological polar surface area (TPSA) is 101 Å². The number of ether oxygens (including phenoxy) is 5. The fourth-order valence-corrected chi connectivity index (χ4v) is 5.46. The lowest BCUT2D eigenvalue weighted by Crippen LogP contribution is -2.51. The Morgan fingerprint density at radius 3 is 2.23 bits per heavy atom. The third-order valence-electron chi connectivity index (χ3n) is 7.79. The molecule has 0 aromatic heterocycles. The molecule has 0 spiro atoms. The van der Waals surface area contributed by atoms with Crippen molar-refractivity contribution in [2.75, 3.05) is 19.8 Å². The van der Waals surface area contributed by atoms with Crippen molar-refractivity contribution in [3.05, 3.63) is 24.3 Å². The lowest BCUT2D eigenvalue weighted by molar-refractivity contribution is -0.352. The molecule has 0 aromatic carbocycles. The van der Waals surface area contributed by atoms with E-state index in [2.05, 4.69) is 32.9 Å². The van der Waals surface area contributed by atoms with Gasteiger partial charge in [0.05, 0.1) is 5.60 Å². The number of hydrogen-bond donors (Lipinski definition) is 1. The zero-order chi connectivity index (χ0) is 28.1. The van der Waals surface area contributed by atoms with Crippen molar-refractivity contribution in [1.82, 2.24) is 0 Å². The van der Waals surface area contributed by atoms with Crippen LogP contribution in [-0.4, -0.2) is 60.6 Å². The molecular formula is C31H50O8. The lowest BCUT2D eigenvalue weighted by Gasteiger charge is -2.37. The van der Waals surface area contributed by atoms with Crippen molar-refractivity contribution in [3.63, 3.8) is 0 Å². The molecule has 4 atom stereocenters. The number of hydrogen-bond acceptors (Lipinski definition) is 7. The number of aliphatic carboxylic acids is 1. The summed E-state index contributed by atoms with van der Waals surface area (Å²) in [6, 6.07) is 0. The van der Waals surface area contributed by atoms with Gasteiger partial charge in [-0.25, -0.2) is 4.79 Å². The van der Waals surface area contributed by atoms with Gasteiger partial charge in [0.15, 0.2) is 12.6 Å². The highest BCUT2D eigenvalue weighted by Gasteiger charge is 2.46. The summed E-state index contributed by atoms with van der Waals surface area (Å²) in [4.78, 5) is 25.1. The molecule has 1 saturated carbocycles. The first-order valence-electron chi connectivity index (χ1n) is 15.1. The molecule has 3 aliphatic rings. The van der Waals surface area contributed by atoms with Crippen molar-refractivity contribution in [2.24, 2.45) is 11.8 Å². The molecule has 3 rings (SSSR count). The van der Waals surface area contributed by atoms with E-state index in [1.54, 1.807) is 0 Å². The Hall–Kier alpha value is -1.58. The Morgan fingerprint density at radius 1 is 1.00 bits per heavy atom. The molecule has 2 heterocycles. The molecule has 222 valence electrons. The second kappa shape index (κ2) is 16.0. The van der Waals surface area contributed by atoms with Crippen molar-refractivity contribution >= 4 is 11.8 Å². The molecule has 0 amide bonds. The summed E-state index contributed by atoms with van der Waals surface area (Å²) in [6.45, 7) is 8.14. The maximum atomic E-state index is 12.6. The number of carboxylic acid groups (broad SMARTS) is 1. The predicted molar refractivity (Wildman–Crippen MR) is 148 cm³/mol. The Morgan fingerprint density at radius 2 is 1.67 bits per heavy atom. The molecule has 8 nitrogen and oxygen atoms in total. The average molecular weight is 551 g/mol. The minimum Gasteiger partial charge on any atom is -0.477 e. The number of Topliss-reactive ketones (excluding diaryl/α,β-unsaturated/α-hetero) is 1. The van der Waals surface area contributed by atoms with E-state index in [4.69, 9.17) is 23.7 Å². The van der Waals surface area contributed by atoms with E-state index in [1.165, 1.54) is 0 Å². The SMILES string of the molecule is CCCOC(C)(C)C/C=C/[C@H]1CCC(=O)[C@@H]1C/C=C\CCC(OC1CCCCO1)(OC1CCCCO1)C(=O)O. The molecule has 2 aliphatic heterocycles. The zero-order valence-electron chi connectivity index (χ0n) is 24.2. The second-order valence-corrected chi connectivity index (χ2v) is 11.6. The van der Waals surface area contributed by atoms with E-state index in [9.17, 15) is 14.7 Å². The standard InChI is InChI=1S/C31H50O8/c1-4-21-37-30(2,3)19-12-13-24-17-18-26(32)25(24)14-6-5-9-20-31(29(33)34,38-27-15-7-10-22-35-27)39-28-16-8-11-23-36-28/h5-6,12-13,24-25,27-28H,4,7-11,14-23H2,1-3H3,(H,33,34)/b6-5-,13-12+/t24-,25+,27?,28?,31?/m0/s1. The lowest BCUT2D eigenvalue weighted by atomic mass is 9.90. The number of carbonyl (C=O) groups is 2. The van der Waals surface area contributed by atoms with E-state index in [1.807, 2.05) is 12.2 Å². The van der Waals surface area contributed by atoms with Crippen LogP contribution in [0.1, 0.15) is 104 Å². The van der Waals surface area contributed by atoms with Crippen molar-refractivity contribution in [2.45, 2.75) is 128 Å². The van der Waals surface area contributed by atoms with Gasteiger partial charge in [-0.3, -0.25) is 4.79 Å². The van der Waals surface area contributed by atoms with E-state index >= 15 is 0 Å². The second-order valence-electron chi connectivity index (χ2n) is 11.6. The quantitative estimate of drug-likeness (QED) is 0.176. The van der Waals surface area contributed by atoms with Crippen LogP contribution in [0.5, 0.6) is 0 Å². The molecule has 2 unspecified atom stereocenters. The van der Waals surface area contributed by atoms with Crippen LogP contribution in [0, 0.1) is 11.8 Å². The van der Waals surface area contributed by atoms with E-state index in [0.717, 1.165) is 51.6 Å². The zero-order valence-corrected chi connectivity index (χ0v) is 24.2. The summed E-state index contributed by atoms with van der Waals surface area (Å²) in [7, 11) is 0. The Balaban J connectivity index is 1.57. The van der Waals surface area contributed by atoms with Crippen molar-refractivity contribution in [1.29, 1.82) is 0 Å². The molecular weight excluding hydrogens is 500 g/mol. The number of rotatable bonds is 16. The van der Waals surface area contributed by atoms with Gasteiger partial charge in [0.2, 0.25) is 0 Å². The maximum absolute atomic E-state index is 12.6. The van der Waals surface area contributed by atoms with Crippen LogP contribution in [0.4, 0.5) is 0 Å². The van der Waals surface area contributed by atoms with Gasteiger partial charge in [-0.2, -0.15) is 0 Å². The molecule has 0 bridgehead atoms. The highest BCUT2D eigenvalue weighted by atomic mass is 16.8. The minimum absolute atomic E-state index is 0.0415. The van der Waals surface area contributed by atoms with Crippen LogP contribution >= 0.6 is 0 Å². The van der Waals surface area contributed by atoms with E-state index in [0.29, 0.717) is 51.1 Å². The van der Waals surface area contributed by atoms with Gasteiger partial charge < -0.3 is 28.8 Å². The van der Waals surface area contributed by atoms with Crippen LogP contribution in [0.25, 0.3) is 0 Å². The van der Waals surface area contributed by atoms with Gasteiger partial charge >= 0.3 is 5.97 Å². The molecule has 1 aliphatic carbocycles. The van der Waals surface area contributed by atoms with Gasteiger partial charge in [0.1, 0.15) is 5.78 Å². The Kier molecular flexibility index (Phi) is 13.1. The average Bonchev–Trinajstić information content (AvgIpc) is 3.27. The van der Waals surface area contributed by atoms with Gasteiger partial charge in [-0.1, -0.05) is 31.2 Å². The van der Waals surface area contributed by atoms with Crippen LogP contribution < -0.4 is 0 Å². The molecule has 3 fully saturated rings. The fraction of sp³-hybridized carbons (Fsp3) is 0.806. The molecule has 8 heteroatoms. The van der Waals surface area contributed by atoms with Crippen LogP contribution in [0.2, 0.25) is 0 Å². The molecule has 2 saturated heterocycles. The van der Waals surface area contributed by atoms with Crippen molar-refractivity contribution < 1.29 is 38.4 Å². The van der Waals surface area contributed by atoms with Gasteiger partial charge in [-0.15, -0.1) is 0 Å².